The van der Waals surface area contributed by atoms with Crippen molar-refractivity contribution in [1.82, 2.24) is 4.90 Å². The van der Waals surface area contributed by atoms with Crippen LogP contribution in [0.25, 0.3) is 0 Å². The first kappa shape index (κ1) is 15.2. The molecule has 1 aromatic rings. The van der Waals surface area contributed by atoms with Crippen LogP contribution in [0.15, 0.2) is 18.2 Å². The number of amides is 1. The van der Waals surface area contributed by atoms with Gasteiger partial charge < -0.3 is 10.0 Å². The summed E-state index contributed by atoms with van der Waals surface area (Å²) in [5.74, 6) is -1.03. The van der Waals surface area contributed by atoms with Gasteiger partial charge in [0.05, 0.1) is 0 Å². The van der Waals surface area contributed by atoms with Crippen molar-refractivity contribution in [2.24, 2.45) is 0 Å². The van der Waals surface area contributed by atoms with Gasteiger partial charge in [-0.15, -0.1) is 0 Å². The Morgan fingerprint density at radius 2 is 1.95 bits per heavy atom. The van der Waals surface area contributed by atoms with Gasteiger partial charge in [0.15, 0.2) is 5.54 Å². The van der Waals surface area contributed by atoms with E-state index in [-0.39, 0.29) is 6.04 Å². The maximum atomic E-state index is 11.8. The van der Waals surface area contributed by atoms with Crippen molar-refractivity contribution in [2.45, 2.75) is 46.2 Å². The molecular weight excluding hydrogens is 242 g/mol. The zero-order chi connectivity index (χ0) is 14.8. The average molecular weight is 263 g/mol. The minimum Gasteiger partial charge on any atom is -0.479 e. The molecule has 0 aromatic heterocycles. The van der Waals surface area contributed by atoms with Gasteiger partial charge in [0.25, 0.3) is 0 Å². The van der Waals surface area contributed by atoms with E-state index in [0.717, 1.165) is 11.1 Å². The molecule has 1 rings (SSSR count). The predicted molar refractivity (Wildman–Crippen MR) is 73.9 cm³/mol. The molecule has 0 spiro atoms. The fraction of sp³-hybridized carbons (Fsp3) is 0.467. The number of hydrogen-bond donors (Lipinski definition) is 1. The summed E-state index contributed by atoms with van der Waals surface area (Å²) in [5.41, 5.74) is 1.14. The minimum atomic E-state index is -1.36. The molecule has 0 aliphatic rings. The molecule has 0 aliphatic carbocycles. The quantitative estimate of drug-likeness (QED) is 0.830. The maximum Gasteiger partial charge on any atom is 0.334 e. The van der Waals surface area contributed by atoms with Gasteiger partial charge in [0, 0.05) is 6.04 Å². The maximum absolute atomic E-state index is 11.8. The van der Waals surface area contributed by atoms with Gasteiger partial charge >= 0.3 is 5.97 Å². The van der Waals surface area contributed by atoms with Crippen molar-refractivity contribution >= 4 is 12.4 Å². The third-order valence-corrected chi connectivity index (χ3v) is 3.52. The predicted octanol–water partition coefficient (Wildman–Crippen LogP) is 2.47. The third kappa shape index (κ3) is 2.62. The molecule has 0 aliphatic heterocycles. The number of benzene rings is 1. The molecule has 0 fully saturated rings. The Labute approximate surface area is 114 Å². The average Bonchev–Trinajstić information content (AvgIpc) is 2.32. The molecule has 19 heavy (non-hydrogen) atoms. The van der Waals surface area contributed by atoms with Crippen LogP contribution in [0, 0.1) is 13.8 Å². The van der Waals surface area contributed by atoms with E-state index in [1.165, 1.54) is 4.90 Å². The van der Waals surface area contributed by atoms with Crippen LogP contribution in [-0.4, -0.2) is 28.4 Å². The van der Waals surface area contributed by atoms with Gasteiger partial charge in [0.1, 0.15) is 0 Å². The lowest BCUT2D eigenvalue weighted by Gasteiger charge is -2.39. The number of carboxylic acid groups (broad SMARTS) is 1. The van der Waals surface area contributed by atoms with Crippen LogP contribution in [-0.2, 0) is 15.1 Å². The second-order valence-corrected chi connectivity index (χ2v) is 5.30. The molecule has 1 atom stereocenters. The molecule has 1 aromatic carbocycles. The summed E-state index contributed by atoms with van der Waals surface area (Å²) >= 11 is 0. The van der Waals surface area contributed by atoms with Gasteiger partial charge in [0.2, 0.25) is 6.41 Å². The standard InChI is InChI=1S/C15H21NO3/c1-10(2)16(9-17)15(5,14(18)19)13-8-11(3)6-7-12(13)4/h6-10H,1-5H3,(H,18,19). The Morgan fingerprint density at radius 3 is 2.37 bits per heavy atom. The zero-order valence-electron chi connectivity index (χ0n) is 12.1. The summed E-state index contributed by atoms with van der Waals surface area (Å²) in [7, 11) is 0. The normalized spacial score (nSPS) is 14.0. The Kier molecular flexibility index (Phi) is 4.35. The Morgan fingerprint density at radius 1 is 1.37 bits per heavy atom. The molecule has 0 saturated heterocycles. The monoisotopic (exact) mass is 263 g/mol. The Bertz CT molecular complexity index is 496. The number of carboxylic acids is 1. The highest BCUT2D eigenvalue weighted by atomic mass is 16.4. The molecule has 1 N–H and O–H groups in total. The van der Waals surface area contributed by atoms with E-state index in [2.05, 4.69) is 0 Å². The molecule has 0 bridgehead atoms. The van der Waals surface area contributed by atoms with E-state index in [4.69, 9.17) is 0 Å². The van der Waals surface area contributed by atoms with Gasteiger partial charge in [-0.2, -0.15) is 0 Å². The zero-order valence-corrected chi connectivity index (χ0v) is 12.1. The van der Waals surface area contributed by atoms with Crippen LogP contribution >= 0.6 is 0 Å². The van der Waals surface area contributed by atoms with Crippen molar-refractivity contribution in [3.63, 3.8) is 0 Å². The smallest absolute Gasteiger partial charge is 0.334 e. The lowest BCUT2D eigenvalue weighted by atomic mass is 9.85. The highest BCUT2D eigenvalue weighted by Gasteiger charge is 2.43. The van der Waals surface area contributed by atoms with Crippen LogP contribution in [0.1, 0.15) is 37.5 Å². The molecule has 4 nitrogen and oxygen atoms in total. The first-order valence-electron chi connectivity index (χ1n) is 6.30. The summed E-state index contributed by atoms with van der Waals surface area (Å²) in [5, 5.41) is 9.65. The number of carbonyl (C=O) groups excluding carboxylic acids is 1. The first-order chi connectivity index (χ1) is 8.75. The van der Waals surface area contributed by atoms with Gasteiger partial charge in [-0.25, -0.2) is 4.79 Å². The summed E-state index contributed by atoms with van der Waals surface area (Å²) in [6.07, 6.45) is 0.612. The fourth-order valence-electron chi connectivity index (χ4n) is 2.37. The van der Waals surface area contributed by atoms with Crippen LogP contribution in [0.5, 0.6) is 0 Å². The summed E-state index contributed by atoms with van der Waals surface area (Å²) in [4.78, 5) is 24.5. The summed E-state index contributed by atoms with van der Waals surface area (Å²) < 4.78 is 0. The van der Waals surface area contributed by atoms with Crippen molar-refractivity contribution in [3.05, 3.63) is 34.9 Å². The largest absolute Gasteiger partial charge is 0.479 e. The Hall–Kier alpha value is -1.84. The molecule has 0 saturated carbocycles. The van der Waals surface area contributed by atoms with E-state index in [0.29, 0.717) is 12.0 Å². The van der Waals surface area contributed by atoms with Crippen molar-refractivity contribution in [2.75, 3.05) is 0 Å². The Balaban J connectivity index is 3.54. The molecule has 104 valence electrons. The van der Waals surface area contributed by atoms with E-state index < -0.39 is 11.5 Å². The van der Waals surface area contributed by atoms with Gasteiger partial charge in [-0.05, 0) is 45.7 Å². The van der Waals surface area contributed by atoms with Crippen LogP contribution in [0.3, 0.4) is 0 Å². The number of aryl methyl sites for hydroxylation is 2. The number of hydrogen-bond acceptors (Lipinski definition) is 2. The second-order valence-electron chi connectivity index (χ2n) is 5.30. The lowest BCUT2D eigenvalue weighted by Crippen LogP contribution is -2.52. The van der Waals surface area contributed by atoms with Gasteiger partial charge in [-0.1, -0.05) is 23.8 Å². The highest BCUT2D eigenvalue weighted by molar-refractivity contribution is 5.83. The third-order valence-electron chi connectivity index (χ3n) is 3.52. The minimum absolute atomic E-state index is 0.196. The fourth-order valence-corrected chi connectivity index (χ4v) is 2.37. The second kappa shape index (κ2) is 5.43. The topological polar surface area (TPSA) is 57.6 Å². The van der Waals surface area contributed by atoms with E-state index in [1.54, 1.807) is 20.8 Å². The molecular formula is C15H21NO3. The highest BCUT2D eigenvalue weighted by Crippen LogP contribution is 2.32. The van der Waals surface area contributed by atoms with Gasteiger partial charge in [-0.3, -0.25) is 4.79 Å². The number of carbonyl (C=O) groups is 2. The summed E-state index contributed by atoms with van der Waals surface area (Å²) in [6.45, 7) is 8.96. The molecule has 1 amide bonds. The number of aliphatic carboxylic acids is 1. The number of nitrogens with zero attached hydrogens (tertiary/aromatic N) is 1. The SMILES string of the molecule is Cc1ccc(C)c(C(C)(C(=O)O)N(C=O)C(C)C)c1. The number of rotatable bonds is 5. The van der Waals surface area contributed by atoms with E-state index >= 15 is 0 Å². The van der Waals surface area contributed by atoms with Crippen LogP contribution in [0.2, 0.25) is 0 Å². The molecule has 0 heterocycles. The van der Waals surface area contributed by atoms with Crippen molar-refractivity contribution in [3.8, 4) is 0 Å². The summed E-state index contributed by atoms with van der Waals surface area (Å²) in [6, 6.07) is 5.46. The first-order valence-corrected chi connectivity index (χ1v) is 6.30. The molecule has 4 heteroatoms. The van der Waals surface area contributed by atoms with Crippen LogP contribution < -0.4 is 0 Å². The van der Waals surface area contributed by atoms with E-state index in [1.807, 2.05) is 32.0 Å². The lowest BCUT2D eigenvalue weighted by molar-refractivity contribution is -0.156. The van der Waals surface area contributed by atoms with Crippen LogP contribution in [0.4, 0.5) is 0 Å². The van der Waals surface area contributed by atoms with Crippen molar-refractivity contribution < 1.29 is 14.7 Å². The molecule has 0 radical (unpaired) electrons. The van der Waals surface area contributed by atoms with Crippen molar-refractivity contribution in [1.29, 1.82) is 0 Å². The molecule has 1 unspecified atom stereocenters. The van der Waals surface area contributed by atoms with E-state index in [9.17, 15) is 14.7 Å².